The van der Waals surface area contributed by atoms with Gasteiger partial charge in [-0.25, -0.2) is 12.8 Å². The van der Waals surface area contributed by atoms with Crippen molar-refractivity contribution in [3.05, 3.63) is 51.2 Å². The first-order valence-electron chi connectivity index (χ1n) is 6.63. The molecule has 23 heavy (non-hydrogen) atoms. The van der Waals surface area contributed by atoms with E-state index in [0.29, 0.717) is 11.4 Å². The van der Waals surface area contributed by atoms with E-state index in [1.165, 1.54) is 0 Å². The maximum absolute atomic E-state index is 13.3. The Hall–Kier alpha value is -1.12. The van der Waals surface area contributed by atoms with Crippen molar-refractivity contribution < 1.29 is 17.5 Å². The highest BCUT2D eigenvalue weighted by molar-refractivity contribution is 9.11. The van der Waals surface area contributed by atoms with Crippen LogP contribution in [0.2, 0.25) is 0 Å². The van der Waals surface area contributed by atoms with E-state index in [4.69, 9.17) is 4.74 Å². The molecule has 8 heteroatoms. The smallest absolute Gasteiger partial charge is 0.264 e. The molecule has 0 saturated carbocycles. The lowest BCUT2D eigenvalue weighted by Crippen LogP contribution is -2.14. The van der Waals surface area contributed by atoms with Gasteiger partial charge in [0.25, 0.3) is 10.0 Å². The molecule has 4 nitrogen and oxygen atoms in total. The number of ether oxygens (including phenoxy) is 1. The third kappa shape index (κ3) is 4.68. The zero-order valence-corrected chi connectivity index (χ0v) is 16.3. The summed E-state index contributed by atoms with van der Waals surface area (Å²) in [4.78, 5) is -0.0681. The summed E-state index contributed by atoms with van der Waals surface area (Å²) in [5, 5.41) is 0. The van der Waals surface area contributed by atoms with E-state index in [0.717, 1.165) is 12.1 Å². The molecule has 0 fully saturated rings. The van der Waals surface area contributed by atoms with Crippen molar-refractivity contribution >= 4 is 47.6 Å². The van der Waals surface area contributed by atoms with Gasteiger partial charge in [-0.1, -0.05) is 0 Å². The Bertz CT molecular complexity index is 785. The first-order chi connectivity index (χ1) is 10.7. The summed E-state index contributed by atoms with van der Waals surface area (Å²) in [6.07, 6.45) is 0.0312. The van der Waals surface area contributed by atoms with Crippen molar-refractivity contribution in [3.63, 3.8) is 0 Å². The highest BCUT2D eigenvalue weighted by Gasteiger charge is 2.22. The largest absolute Gasteiger partial charge is 0.491 e. The van der Waals surface area contributed by atoms with Crippen LogP contribution in [0.1, 0.15) is 13.8 Å². The second-order valence-corrected chi connectivity index (χ2v) is 8.32. The summed E-state index contributed by atoms with van der Waals surface area (Å²) < 4.78 is 46.5. The van der Waals surface area contributed by atoms with Crippen LogP contribution in [-0.4, -0.2) is 14.5 Å². The van der Waals surface area contributed by atoms with E-state index < -0.39 is 15.8 Å². The summed E-state index contributed by atoms with van der Waals surface area (Å²) in [5.74, 6) is 0.102. The van der Waals surface area contributed by atoms with Crippen LogP contribution in [0.4, 0.5) is 10.1 Å². The topological polar surface area (TPSA) is 55.4 Å². The number of benzene rings is 2. The van der Waals surface area contributed by atoms with Crippen molar-refractivity contribution in [1.82, 2.24) is 0 Å². The Morgan fingerprint density at radius 2 is 1.61 bits per heavy atom. The summed E-state index contributed by atoms with van der Waals surface area (Å²) in [5.41, 5.74) is 0.379. The van der Waals surface area contributed by atoms with Crippen LogP contribution < -0.4 is 9.46 Å². The van der Waals surface area contributed by atoms with Gasteiger partial charge in [-0.05, 0) is 82.1 Å². The van der Waals surface area contributed by atoms with Crippen molar-refractivity contribution in [2.24, 2.45) is 0 Å². The molecule has 0 aliphatic carbocycles. The predicted molar refractivity (Wildman–Crippen MR) is 94.8 cm³/mol. The first-order valence-corrected chi connectivity index (χ1v) is 9.70. The van der Waals surface area contributed by atoms with Crippen LogP contribution in [0.5, 0.6) is 5.75 Å². The number of halogens is 3. The minimum atomic E-state index is -3.88. The molecule has 2 aromatic rings. The number of anilines is 1. The molecule has 0 aliphatic rings. The molecule has 0 atom stereocenters. The van der Waals surface area contributed by atoms with Gasteiger partial charge >= 0.3 is 0 Å². The Labute approximate surface area is 151 Å². The molecule has 124 valence electrons. The van der Waals surface area contributed by atoms with Gasteiger partial charge < -0.3 is 4.74 Å². The Morgan fingerprint density at radius 1 is 1.09 bits per heavy atom. The first kappa shape index (κ1) is 18.2. The number of hydrogen-bond donors (Lipinski definition) is 1. The van der Waals surface area contributed by atoms with Crippen LogP contribution in [0.3, 0.4) is 0 Å². The lowest BCUT2D eigenvalue weighted by molar-refractivity contribution is 0.242. The Morgan fingerprint density at radius 3 is 2.09 bits per heavy atom. The third-order valence-corrected chi connectivity index (χ3v) is 5.97. The van der Waals surface area contributed by atoms with E-state index in [1.54, 1.807) is 24.3 Å². The molecule has 2 rings (SSSR count). The molecule has 0 bridgehead atoms. The molecule has 0 radical (unpaired) electrons. The van der Waals surface area contributed by atoms with E-state index in [1.807, 2.05) is 13.8 Å². The van der Waals surface area contributed by atoms with Gasteiger partial charge in [-0.3, -0.25) is 4.72 Å². The van der Waals surface area contributed by atoms with Crippen LogP contribution >= 0.6 is 31.9 Å². The van der Waals surface area contributed by atoms with Gasteiger partial charge in [0.1, 0.15) is 16.5 Å². The average molecular weight is 467 g/mol. The molecular formula is C15H14Br2FNO3S. The summed E-state index contributed by atoms with van der Waals surface area (Å²) in [7, 11) is -3.88. The van der Waals surface area contributed by atoms with Crippen molar-refractivity contribution in [2.45, 2.75) is 24.8 Å². The molecule has 0 aliphatic heterocycles. The molecule has 2 aromatic carbocycles. The van der Waals surface area contributed by atoms with Gasteiger partial charge in [0, 0.05) is 14.6 Å². The maximum Gasteiger partial charge on any atom is 0.264 e. The summed E-state index contributed by atoms with van der Waals surface area (Å²) in [6, 6.07) is 8.73. The molecule has 1 N–H and O–H groups in total. The van der Waals surface area contributed by atoms with Crippen molar-refractivity contribution in [1.29, 1.82) is 0 Å². The Balaban J connectivity index is 2.28. The van der Waals surface area contributed by atoms with E-state index in [9.17, 15) is 12.8 Å². The molecule has 0 unspecified atom stereocenters. The summed E-state index contributed by atoms with van der Waals surface area (Å²) >= 11 is 6.15. The van der Waals surface area contributed by atoms with Crippen LogP contribution in [0.15, 0.2) is 50.2 Å². The van der Waals surface area contributed by atoms with Crippen LogP contribution in [0, 0.1) is 5.82 Å². The lowest BCUT2D eigenvalue weighted by atomic mass is 10.3. The van der Waals surface area contributed by atoms with Crippen LogP contribution in [0.25, 0.3) is 0 Å². The van der Waals surface area contributed by atoms with Gasteiger partial charge in [0.05, 0.1) is 6.10 Å². The minimum absolute atomic E-state index is 0.0312. The van der Waals surface area contributed by atoms with Crippen molar-refractivity contribution in [3.8, 4) is 5.75 Å². The number of nitrogens with one attached hydrogen (secondary N) is 1. The highest BCUT2D eigenvalue weighted by Crippen LogP contribution is 2.32. The lowest BCUT2D eigenvalue weighted by Gasteiger charge is -2.13. The fourth-order valence-electron chi connectivity index (χ4n) is 1.87. The SMILES string of the molecule is CC(C)Oc1ccc(NS(=O)(=O)c2c(Br)cc(F)cc2Br)cc1. The molecule has 0 aromatic heterocycles. The van der Waals surface area contributed by atoms with Crippen LogP contribution in [-0.2, 0) is 10.0 Å². The summed E-state index contributed by atoms with van der Waals surface area (Å²) in [6.45, 7) is 3.81. The van der Waals surface area contributed by atoms with E-state index in [-0.39, 0.29) is 19.9 Å². The fourth-order valence-corrected chi connectivity index (χ4v) is 5.45. The molecule has 0 heterocycles. The van der Waals surface area contributed by atoms with Crippen molar-refractivity contribution in [2.75, 3.05) is 4.72 Å². The minimum Gasteiger partial charge on any atom is -0.491 e. The molecule has 0 spiro atoms. The zero-order chi connectivity index (χ0) is 17.2. The normalized spacial score (nSPS) is 11.6. The van der Waals surface area contributed by atoms with Gasteiger partial charge in [0.2, 0.25) is 0 Å². The monoisotopic (exact) mass is 465 g/mol. The average Bonchev–Trinajstić information content (AvgIpc) is 2.38. The quantitative estimate of drug-likeness (QED) is 0.678. The number of hydrogen-bond acceptors (Lipinski definition) is 3. The fraction of sp³-hybridized carbons (Fsp3) is 0.200. The molecular weight excluding hydrogens is 453 g/mol. The van der Waals surface area contributed by atoms with Gasteiger partial charge in [-0.2, -0.15) is 0 Å². The second kappa shape index (κ2) is 7.19. The molecule has 0 saturated heterocycles. The zero-order valence-electron chi connectivity index (χ0n) is 12.3. The van der Waals surface area contributed by atoms with E-state index >= 15 is 0 Å². The number of rotatable bonds is 5. The van der Waals surface area contributed by atoms with Gasteiger partial charge in [0.15, 0.2) is 0 Å². The Kier molecular flexibility index (Phi) is 5.70. The predicted octanol–water partition coefficient (Wildman–Crippen LogP) is 4.94. The molecule has 0 amide bonds. The van der Waals surface area contributed by atoms with E-state index in [2.05, 4.69) is 36.6 Å². The number of sulfonamides is 1. The third-order valence-electron chi connectivity index (χ3n) is 2.71. The van der Waals surface area contributed by atoms with Gasteiger partial charge in [-0.15, -0.1) is 0 Å². The maximum atomic E-state index is 13.3. The highest BCUT2D eigenvalue weighted by atomic mass is 79.9. The second-order valence-electron chi connectivity index (χ2n) is 5.00. The standard InChI is InChI=1S/C15H14Br2FNO3S/c1-9(2)22-12-5-3-11(4-6-12)19-23(20,21)15-13(16)7-10(18)8-14(15)17/h3-9,19H,1-2H3.